The Morgan fingerprint density at radius 2 is 1.21 bits per heavy atom. The second-order valence-electron chi connectivity index (χ2n) is 5.13. The first-order chi connectivity index (χ1) is 9.30. The molecule has 7 heteroatoms. The SMILES string of the molecule is N=NCCCN1CN(CCCN)CN(CCCN)C1. The van der Waals surface area contributed by atoms with Gasteiger partial charge in [0.2, 0.25) is 0 Å². The molecule has 0 aromatic heterocycles. The third-order valence-electron chi connectivity index (χ3n) is 3.30. The van der Waals surface area contributed by atoms with E-state index in [-0.39, 0.29) is 0 Å². The van der Waals surface area contributed by atoms with Crippen LogP contribution in [-0.2, 0) is 0 Å². The van der Waals surface area contributed by atoms with E-state index in [1.165, 1.54) is 0 Å². The number of nitrogens with two attached hydrogens (primary N) is 2. The molecule has 1 aliphatic heterocycles. The average Bonchev–Trinajstić information content (AvgIpc) is 2.43. The Kier molecular flexibility index (Phi) is 8.85. The van der Waals surface area contributed by atoms with E-state index in [1.54, 1.807) is 0 Å². The molecule has 0 spiro atoms. The fraction of sp³-hybridized carbons (Fsp3) is 1.00. The summed E-state index contributed by atoms with van der Waals surface area (Å²) < 4.78 is 0. The number of nitrogens with one attached hydrogen (secondary N) is 1. The largest absolute Gasteiger partial charge is 0.330 e. The van der Waals surface area contributed by atoms with Gasteiger partial charge in [-0.3, -0.25) is 14.7 Å². The molecule has 1 heterocycles. The molecule has 112 valence electrons. The molecule has 0 unspecified atom stereocenters. The smallest absolute Gasteiger partial charge is 0.0608 e. The maximum Gasteiger partial charge on any atom is 0.0608 e. The summed E-state index contributed by atoms with van der Waals surface area (Å²) in [6, 6.07) is 0. The molecule has 0 amide bonds. The third-order valence-corrected chi connectivity index (χ3v) is 3.30. The van der Waals surface area contributed by atoms with Crippen LogP contribution >= 0.6 is 0 Å². The van der Waals surface area contributed by atoms with E-state index < -0.39 is 0 Å². The zero-order valence-electron chi connectivity index (χ0n) is 11.9. The molecule has 0 radical (unpaired) electrons. The van der Waals surface area contributed by atoms with E-state index in [2.05, 4.69) is 19.8 Å². The molecule has 0 aromatic rings. The lowest BCUT2D eigenvalue weighted by molar-refractivity contribution is -0.0296. The highest BCUT2D eigenvalue weighted by Gasteiger charge is 2.21. The van der Waals surface area contributed by atoms with Crippen LogP contribution in [0.15, 0.2) is 5.11 Å². The van der Waals surface area contributed by atoms with Crippen LogP contribution in [0.3, 0.4) is 0 Å². The first kappa shape index (κ1) is 16.5. The van der Waals surface area contributed by atoms with Crippen molar-refractivity contribution in [3.63, 3.8) is 0 Å². The Morgan fingerprint density at radius 3 is 1.58 bits per heavy atom. The van der Waals surface area contributed by atoms with Crippen LogP contribution in [0.4, 0.5) is 0 Å². The first-order valence-corrected chi connectivity index (χ1v) is 7.20. The third kappa shape index (κ3) is 6.93. The fourth-order valence-electron chi connectivity index (χ4n) is 2.41. The summed E-state index contributed by atoms with van der Waals surface area (Å²) in [7, 11) is 0. The van der Waals surface area contributed by atoms with Gasteiger partial charge < -0.3 is 11.5 Å². The van der Waals surface area contributed by atoms with Crippen LogP contribution < -0.4 is 11.5 Å². The molecule has 1 aliphatic rings. The van der Waals surface area contributed by atoms with Gasteiger partial charge in [-0.15, -0.1) is 0 Å². The number of hydrogen-bond donors (Lipinski definition) is 3. The van der Waals surface area contributed by atoms with Gasteiger partial charge >= 0.3 is 0 Å². The number of hydrogen-bond acceptors (Lipinski definition) is 7. The van der Waals surface area contributed by atoms with Gasteiger partial charge in [-0.25, -0.2) is 5.53 Å². The van der Waals surface area contributed by atoms with Crippen molar-refractivity contribution in [3.8, 4) is 0 Å². The maximum atomic E-state index is 6.84. The van der Waals surface area contributed by atoms with Crippen molar-refractivity contribution in [1.82, 2.24) is 14.7 Å². The Hall–Kier alpha value is -0.600. The molecule has 0 aromatic carbocycles. The molecule has 1 saturated heterocycles. The van der Waals surface area contributed by atoms with Crippen molar-refractivity contribution >= 4 is 0 Å². The van der Waals surface area contributed by atoms with Gasteiger partial charge in [0.25, 0.3) is 0 Å². The van der Waals surface area contributed by atoms with E-state index >= 15 is 0 Å². The van der Waals surface area contributed by atoms with Crippen LogP contribution in [-0.4, -0.2) is 74.0 Å². The Labute approximate surface area is 116 Å². The molecule has 1 fully saturated rings. The van der Waals surface area contributed by atoms with E-state index in [9.17, 15) is 0 Å². The monoisotopic (exact) mass is 271 g/mol. The van der Waals surface area contributed by atoms with Crippen molar-refractivity contribution in [2.24, 2.45) is 16.6 Å². The van der Waals surface area contributed by atoms with E-state index in [1.807, 2.05) is 0 Å². The molecule has 0 aliphatic carbocycles. The zero-order valence-corrected chi connectivity index (χ0v) is 11.9. The quantitative estimate of drug-likeness (QED) is 0.381. The molecule has 5 N–H and O–H groups in total. The lowest BCUT2D eigenvalue weighted by Crippen LogP contribution is -2.55. The van der Waals surface area contributed by atoms with Crippen LogP contribution in [0.2, 0.25) is 0 Å². The second-order valence-corrected chi connectivity index (χ2v) is 5.13. The molecular weight excluding hydrogens is 242 g/mol. The van der Waals surface area contributed by atoms with Gasteiger partial charge in [0.15, 0.2) is 0 Å². The average molecular weight is 271 g/mol. The predicted molar refractivity (Wildman–Crippen MR) is 76.7 cm³/mol. The summed E-state index contributed by atoms with van der Waals surface area (Å²) >= 11 is 0. The Morgan fingerprint density at radius 1 is 0.789 bits per heavy atom. The van der Waals surface area contributed by atoms with Crippen molar-refractivity contribution in [3.05, 3.63) is 0 Å². The highest BCUT2D eigenvalue weighted by Crippen LogP contribution is 2.09. The van der Waals surface area contributed by atoms with E-state index in [4.69, 9.17) is 17.0 Å². The van der Waals surface area contributed by atoms with Gasteiger partial charge in [-0.2, -0.15) is 5.11 Å². The summed E-state index contributed by atoms with van der Waals surface area (Å²) in [5.41, 5.74) is 18.0. The first-order valence-electron chi connectivity index (χ1n) is 7.20. The molecule has 1 rings (SSSR count). The van der Waals surface area contributed by atoms with Gasteiger partial charge in [0.05, 0.1) is 26.6 Å². The summed E-state index contributed by atoms with van der Waals surface area (Å²) in [6.07, 6.45) is 3.04. The van der Waals surface area contributed by atoms with Gasteiger partial charge in [0.1, 0.15) is 0 Å². The number of nitrogens with zero attached hydrogens (tertiary/aromatic N) is 4. The lowest BCUT2D eigenvalue weighted by atomic mass is 10.3. The van der Waals surface area contributed by atoms with E-state index in [0.29, 0.717) is 6.54 Å². The normalized spacial score (nSPS) is 18.8. The minimum Gasteiger partial charge on any atom is -0.330 e. The topological polar surface area (TPSA) is 98.0 Å². The molecule has 0 bridgehead atoms. The molecule has 0 atom stereocenters. The van der Waals surface area contributed by atoms with Gasteiger partial charge in [-0.1, -0.05) is 0 Å². The second kappa shape index (κ2) is 10.2. The fourth-order valence-corrected chi connectivity index (χ4v) is 2.41. The summed E-state index contributed by atoms with van der Waals surface area (Å²) in [5.74, 6) is 0. The van der Waals surface area contributed by atoms with Crippen LogP contribution in [0, 0.1) is 5.53 Å². The lowest BCUT2D eigenvalue weighted by Gasteiger charge is -2.42. The van der Waals surface area contributed by atoms with Crippen LogP contribution in [0.5, 0.6) is 0 Å². The molecular formula is C12H29N7. The van der Waals surface area contributed by atoms with Gasteiger partial charge in [0, 0.05) is 19.6 Å². The van der Waals surface area contributed by atoms with Crippen LogP contribution in [0.1, 0.15) is 19.3 Å². The van der Waals surface area contributed by atoms with Crippen molar-refractivity contribution in [1.29, 1.82) is 5.53 Å². The Balaban J connectivity index is 2.38. The highest BCUT2D eigenvalue weighted by atomic mass is 15.5. The van der Waals surface area contributed by atoms with Crippen molar-refractivity contribution in [2.75, 3.05) is 59.3 Å². The molecule has 7 nitrogen and oxygen atoms in total. The standard InChI is InChI=1S/C12H29N7/c13-4-1-7-17-10-18(8-2-5-14)12-19(11-17)9-3-6-16-15/h15H,1-14H2. The predicted octanol–water partition coefficient (Wildman–Crippen LogP) is -0.103. The zero-order chi connectivity index (χ0) is 13.9. The minimum absolute atomic E-state index is 0.627. The summed E-state index contributed by atoms with van der Waals surface area (Å²) in [5, 5.41) is 3.42. The highest BCUT2D eigenvalue weighted by molar-refractivity contribution is 4.70. The maximum absolute atomic E-state index is 6.84. The Bertz CT molecular complexity index is 220. The molecule has 19 heavy (non-hydrogen) atoms. The molecule has 0 saturated carbocycles. The van der Waals surface area contributed by atoms with Crippen molar-refractivity contribution in [2.45, 2.75) is 19.3 Å². The summed E-state index contributed by atoms with van der Waals surface area (Å²) in [4.78, 5) is 7.29. The minimum atomic E-state index is 0.627. The van der Waals surface area contributed by atoms with Crippen LogP contribution in [0.25, 0.3) is 0 Å². The van der Waals surface area contributed by atoms with Gasteiger partial charge in [-0.05, 0) is 32.4 Å². The van der Waals surface area contributed by atoms with E-state index in [0.717, 1.165) is 72.0 Å². The summed E-state index contributed by atoms with van der Waals surface area (Å²) in [6.45, 7) is 8.23. The van der Waals surface area contributed by atoms with Crippen molar-refractivity contribution < 1.29 is 0 Å². The number of rotatable bonds is 10.